The van der Waals surface area contributed by atoms with Crippen molar-refractivity contribution in [3.63, 3.8) is 0 Å². The minimum atomic E-state index is -4.06. The number of ether oxygens (including phenoxy) is 3. The number of carbonyl (C=O) groups is 1. The monoisotopic (exact) mass is 573 g/mol. The highest BCUT2D eigenvalue weighted by Gasteiger charge is 2.27. The first-order valence-electron chi connectivity index (χ1n) is 12.9. The predicted molar refractivity (Wildman–Crippen MR) is 158 cm³/mol. The number of hydrazone groups is 1. The topological polar surface area (TPSA) is 107 Å². The van der Waals surface area contributed by atoms with E-state index in [2.05, 4.69) is 10.5 Å². The molecule has 0 bridgehead atoms. The first kappa shape index (κ1) is 29.2. The van der Waals surface area contributed by atoms with Gasteiger partial charge in [0.25, 0.3) is 15.9 Å². The van der Waals surface area contributed by atoms with Gasteiger partial charge in [0.15, 0.2) is 11.5 Å². The maximum Gasteiger partial charge on any atom is 0.264 e. The Morgan fingerprint density at radius 1 is 0.878 bits per heavy atom. The van der Waals surface area contributed by atoms with Crippen molar-refractivity contribution in [3.8, 4) is 17.2 Å². The summed E-state index contributed by atoms with van der Waals surface area (Å²) in [4.78, 5) is 12.9. The molecule has 9 nitrogen and oxygen atoms in total. The molecule has 1 N–H and O–H groups in total. The zero-order chi connectivity index (χ0) is 29.1. The van der Waals surface area contributed by atoms with Crippen molar-refractivity contribution in [3.05, 3.63) is 114 Å². The van der Waals surface area contributed by atoms with Gasteiger partial charge in [-0.1, -0.05) is 48.5 Å². The molecule has 0 saturated carbocycles. The number of amides is 1. The number of methoxy groups -OCH3 is 1. The average molecular weight is 574 g/mol. The van der Waals surface area contributed by atoms with Gasteiger partial charge in [0.2, 0.25) is 0 Å². The van der Waals surface area contributed by atoms with Crippen LogP contribution in [-0.2, 0) is 21.4 Å². The highest BCUT2D eigenvalue weighted by molar-refractivity contribution is 7.92. The number of hydrogen-bond donors (Lipinski definition) is 1. The third-order valence-electron chi connectivity index (χ3n) is 5.88. The van der Waals surface area contributed by atoms with Gasteiger partial charge in [-0.25, -0.2) is 13.8 Å². The van der Waals surface area contributed by atoms with Crippen molar-refractivity contribution in [1.82, 2.24) is 5.43 Å². The Hall–Kier alpha value is -4.83. The number of anilines is 1. The van der Waals surface area contributed by atoms with Gasteiger partial charge in [-0.2, -0.15) is 5.10 Å². The van der Waals surface area contributed by atoms with Crippen LogP contribution < -0.4 is 23.9 Å². The maximum absolute atomic E-state index is 13.5. The number of rotatable bonds is 13. The molecule has 0 spiro atoms. The highest BCUT2D eigenvalue weighted by Crippen LogP contribution is 2.28. The minimum absolute atomic E-state index is 0.0303. The lowest BCUT2D eigenvalue weighted by Crippen LogP contribution is -2.39. The zero-order valence-corrected chi connectivity index (χ0v) is 23.6. The summed E-state index contributed by atoms with van der Waals surface area (Å²) in [7, 11) is -2.52. The van der Waals surface area contributed by atoms with E-state index in [9.17, 15) is 13.2 Å². The maximum atomic E-state index is 13.5. The fourth-order valence-electron chi connectivity index (χ4n) is 3.87. The fraction of sp³-hybridized carbons (Fsp3) is 0.161. The van der Waals surface area contributed by atoms with Crippen molar-refractivity contribution in [2.45, 2.75) is 18.4 Å². The SMILES string of the molecule is CCOc1ccc(S(=O)(=O)N(CC(=O)N/N=C\c2ccc(OCc3ccccc3)c(OC)c2)c2ccccc2)cc1. The van der Waals surface area contributed by atoms with E-state index in [-0.39, 0.29) is 4.90 Å². The van der Waals surface area contributed by atoms with Crippen LogP contribution in [0.2, 0.25) is 0 Å². The van der Waals surface area contributed by atoms with Gasteiger partial charge < -0.3 is 14.2 Å². The molecule has 0 aromatic heterocycles. The molecule has 0 aliphatic heterocycles. The van der Waals surface area contributed by atoms with Gasteiger partial charge in [-0.3, -0.25) is 9.10 Å². The van der Waals surface area contributed by atoms with Crippen LogP contribution in [-0.4, -0.2) is 40.8 Å². The molecular formula is C31H31N3O6S. The summed E-state index contributed by atoms with van der Waals surface area (Å²) in [5, 5.41) is 4.01. The standard InChI is InChI=1S/C31H31N3O6S/c1-3-39-27-15-17-28(18-16-27)41(36,37)34(26-12-8-5-9-13-26)22-31(35)33-32-21-25-14-19-29(30(20-25)38-2)40-23-24-10-6-4-7-11-24/h4-21H,3,22-23H2,1-2H3,(H,33,35)/b32-21-. The van der Waals surface area contributed by atoms with Crippen LogP contribution in [0.1, 0.15) is 18.1 Å². The molecule has 4 rings (SSSR count). The molecule has 0 fully saturated rings. The first-order valence-corrected chi connectivity index (χ1v) is 14.3. The molecule has 0 unspecified atom stereocenters. The number of nitrogens with one attached hydrogen (secondary N) is 1. The number of para-hydroxylation sites is 1. The van der Waals surface area contributed by atoms with Gasteiger partial charge in [-0.05, 0) is 72.6 Å². The van der Waals surface area contributed by atoms with Gasteiger partial charge >= 0.3 is 0 Å². The van der Waals surface area contributed by atoms with E-state index >= 15 is 0 Å². The highest BCUT2D eigenvalue weighted by atomic mass is 32.2. The summed E-state index contributed by atoms with van der Waals surface area (Å²) in [6, 6.07) is 29.5. The lowest BCUT2D eigenvalue weighted by atomic mass is 10.2. The molecule has 4 aromatic carbocycles. The van der Waals surface area contributed by atoms with E-state index in [4.69, 9.17) is 14.2 Å². The molecule has 4 aromatic rings. The molecule has 0 saturated heterocycles. The van der Waals surface area contributed by atoms with E-state index in [1.165, 1.54) is 25.5 Å². The van der Waals surface area contributed by atoms with Crippen LogP contribution in [0, 0.1) is 0 Å². The lowest BCUT2D eigenvalue weighted by Gasteiger charge is -2.23. The molecule has 0 aliphatic rings. The molecule has 0 heterocycles. The number of sulfonamides is 1. The zero-order valence-electron chi connectivity index (χ0n) is 22.8. The van der Waals surface area contributed by atoms with Gasteiger partial charge in [0.05, 0.1) is 30.5 Å². The predicted octanol–water partition coefficient (Wildman–Crippen LogP) is 5.02. The van der Waals surface area contributed by atoms with E-state index < -0.39 is 22.5 Å². The smallest absolute Gasteiger partial charge is 0.264 e. The van der Waals surface area contributed by atoms with Gasteiger partial charge in [0, 0.05) is 0 Å². The van der Waals surface area contributed by atoms with Crippen molar-refractivity contribution in [1.29, 1.82) is 0 Å². The number of carbonyl (C=O) groups excluding carboxylic acids is 1. The largest absolute Gasteiger partial charge is 0.494 e. The van der Waals surface area contributed by atoms with Crippen molar-refractivity contribution >= 4 is 27.8 Å². The molecule has 0 aliphatic carbocycles. The number of hydrogen-bond acceptors (Lipinski definition) is 7. The fourth-order valence-corrected chi connectivity index (χ4v) is 5.30. The van der Waals surface area contributed by atoms with Crippen LogP contribution in [0.3, 0.4) is 0 Å². The summed E-state index contributed by atoms with van der Waals surface area (Å²) in [6.07, 6.45) is 1.44. The Morgan fingerprint density at radius 3 is 2.22 bits per heavy atom. The van der Waals surface area contributed by atoms with E-state index in [0.717, 1.165) is 9.87 Å². The molecular weight excluding hydrogens is 542 g/mol. The normalized spacial score (nSPS) is 11.2. The summed E-state index contributed by atoms with van der Waals surface area (Å²) in [6.45, 7) is 2.21. The van der Waals surface area contributed by atoms with E-state index in [1.54, 1.807) is 60.7 Å². The molecule has 0 atom stereocenters. The van der Waals surface area contributed by atoms with Crippen LogP contribution in [0.5, 0.6) is 17.2 Å². The molecule has 212 valence electrons. The summed E-state index contributed by atoms with van der Waals surface area (Å²) < 4.78 is 44.8. The Kier molecular flexibility index (Phi) is 9.95. The van der Waals surface area contributed by atoms with Crippen molar-refractivity contribution < 1.29 is 27.4 Å². The Balaban J connectivity index is 1.44. The Bertz CT molecular complexity index is 1560. The second-order valence-corrected chi connectivity index (χ2v) is 10.6. The molecule has 10 heteroatoms. The average Bonchev–Trinajstić information content (AvgIpc) is 3.00. The van der Waals surface area contributed by atoms with Crippen LogP contribution in [0.25, 0.3) is 0 Å². The second kappa shape index (κ2) is 14.0. The lowest BCUT2D eigenvalue weighted by molar-refractivity contribution is -0.119. The third kappa shape index (κ3) is 7.86. The first-order chi connectivity index (χ1) is 19.9. The number of nitrogens with zero attached hydrogens (tertiary/aromatic N) is 2. The molecule has 0 radical (unpaired) electrons. The quantitative estimate of drug-likeness (QED) is 0.178. The van der Waals surface area contributed by atoms with Crippen LogP contribution in [0.4, 0.5) is 5.69 Å². The summed E-state index contributed by atoms with van der Waals surface area (Å²) in [5.41, 5.74) is 4.43. The minimum Gasteiger partial charge on any atom is -0.494 e. The summed E-state index contributed by atoms with van der Waals surface area (Å²) in [5.74, 6) is 1.01. The van der Waals surface area contributed by atoms with Crippen LogP contribution in [0.15, 0.2) is 113 Å². The third-order valence-corrected chi connectivity index (χ3v) is 7.67. The molecule has 1 amide bonds. The van der Waals surface area contributed by atoms with Gasteiger partial charge in [0.1, 0.15) is 18.9 Å². The summed E-state index contributed by atoms with van der Waals surface area (Å²) >= 11 is 0. The van der Waals surface area contributed by atoms with Crippen molar-refractivity contribution in [2.75, 3.05) is 24.6 Å². The van der Waals surface area contributed by atoms with E-state index in [0.29, 0.717) is 41.7 Å². The van der Waals surface area contributed by atoms with E-state index in [1.807, 2.05) is 37.3 Å². The van der Waals surface area contributed by atoms with Gasteiger partial charge in [-0.15, -0.1) is 0 Å². The van der Waals surface area contributed by atoms with Crippen LogP contribution >= 0.6 is 0 Å². The Morgan fingerprint density at radius 2 is 1.56 bits per heavy atom. The molecule has 41 heavy (non-hydrogen) atoms. The number of benzene rings is 4. The van der Waals surface area contributed by atoms with Crippen molar-refractivity contribution in [2.24, 2.45) is 5.10 Å². The Labute approximate surface area is 240 Å². The second-order valence-electron chi connectivity index (χ2n) is 8.73.